The van der Waals surface area contributed by atoms with E-state index in [0.717, 1.165) is 32.0 Å². The van der Waals surface area contributed by atoms with E-state index in [1.807, 2.05) is 30.9 Å². The van der Waals surface area contributed by atoms with Gasteiger partial charge in [-0.3, -0.25) is 0 Å². The van der Waals surface area contributed by atoms with Gasteiger partial charge in [0.2, 0.25) is 0 Å². The number of unbranched alkanes of at least 4 members (excludes halogenated alkanes) is 7. The highest BCUT2D eigenvalue weighted by Crippen LogP contribution is 2.09. The lowest BCUT2D eigenvalue weighted by Gasteiger charge is -2.02. The summed E-state index contributed by atoms with van der Waals surface area (Å²) >= 11 is 0. The van der Waals surface area contributed by atoms with Crippen LogP contribution in [0.3, 0.4) is 0 Å². The molecule has 0 N–H and O–H groups in total. The standard InChI is InChI=1S/C14H14BF.C13H24N2/c16-14-8-4-7-13(11-14)15-10-9-12-5-2-1-3-6-12;1-2-3-4-5-6-7-8-9-11-15-12-10-14-13-15/h1-8,11,15H,9-10H2;10,12-13H,2-9,11H2,1H3. The first-order valence-electron chi connectivity index (χ1n) is 12.0. The highest BCUT2D eigenvalue weighted by molar-refractivity contribution is 6.53. The van der Waals surface area contributed by atoms with Crippen molar-refractivity contribution in [3.63, 3.8) is 0 Å². The highest BCUT2D eigenvalue weighted by atomic mass is 19.1. The Bertz CT molecular complexity index is 790. The first-order chi connectivity index (χ1) is 15.3. The molecule has 0 aliphatic carbocycles. The zero-order chi connectivity index (χ0) is 22.0. The van der Waals surface area contributed by atoms with E-state index in [4.69, 9.17) is 0 Å². The van der Waals surface area contributed by atoms with Crippen LogP contribution in [0.1, 0.15) is 63.9 Å². The third-order valence-electron chi connectivity index (χ3n) is 5.49. The number of halogens is 1. The van der Waals surface area contributed by atoms with Gasteiger partial charge in [-0.1, -0.05) is 106 Å². The molecule has 3 aromatic rings. The van der Waals surface area contributed by atoms with Crippen molar-refractivity contribution in [2.24, 2.45) is 0 Å². The van der Waals surface area contributed by atoms with E-state index in [2.05, 4.69) is 40.7 Å². The second kappa shape index (κ2) is 16.4. The molecule has 0 fully saturated rings. The van der Waals surface area contributed by atoms with Crippen LogP contribution >= 0.6 is 0 Å². The molecule has 1 aromatic heterocycles. The van der Waals surface area contributed by atoms with E-state index >= 15 is 0 Å². The van der Waals surface area contributed by atoms with Crippen molar-refractivity contribution >= 4 is 12.7 Å². The average Bonchev–Trinajstić information content (AvgIpc) is 3.31. The molecule has 3 rings (SSSR count). The van der Waals surface area contributed by atoms with Crippen molar-refractivity contribution in [3.8, 4) is 0 Å². The van der Waals surface area contributed by atoms with E-state index in [-0.39, 0.29) is 5.82 Å². The van der Waals surface area contributed by atoms with E-state index in [1.54, 1.807) is 12.1 Å². The third kappa shape index (κ3) is 12.2. The topological polar surface area (TPSA) is 17.8 Å². The fraction of sp³-hybridized carbons (Fsp3) is 0.444. The molecule has 1 heterocycles. The molecule has 0 atom stereocenters. The fourth-order valence-corrected chi connectivity index (χ4v) is 3.68. The molecule has 166 valence electrons. The molecule has 2 aromatic carbocycles. The Morgan fingerprint density at radius 2 is 1.61 bits per heavy atom. The Morgan fingerprint density at radius 3 is 2.29 bits per heavy atom. The number of aromatic nitrogens is 2. The van der Waals surface area contributed by atoms with E-state index in [9.17, 15) is 4.39 Å². The quantitative estimate of drug-likeness (QED) is 0.226. The summed E-state index contributed by atoms with van der Waals surface area (Å²) in [6, 6.07) is 17.2. The SMILES string of the molecule is CCCCCCCCCCn1ccnc1.Fc1cccc(BCCc2ccccc2)c1. The summed E-state index contributed by atoms with van der Waals surface area (Å²) in [6.07, 6.45) is 19.0. The van der Waals surface area contributed by atoms with Gasteiger partial charge in [0.15, 0.2) is 7.28 Å². The summed E-state index contributed by atoms with van der Waals surface area (Å²) in [5, 5.41) is 0. The molecule has 0 bridgehead atoms. The van der Waals surface area contributed by atoms with E-state index < -0.39 is 0 Å². The van der Waals surface area contributed by atoms with Crippen LogP contribution in [-0.2, 0) is 13.0 Å². The zero-order valence-corrected chi connectivity index (χ0v) is 19.2. The van der Waals surface area contributed by atoms with Gasteiger partial charge in [-0.05, 0) is 30.5 Å². The van der Waals surface area contributed by atoms with Gasteiger partial charge >= 0.3 is 0 Å². The predicted molar refractivity (Wildman–Crippen MR) is 133 cm³/mol. The largest absolute Gasteiger partial charge is 0.337 e. The summed E-state index contributed by atoms with van der Waals surface area (Å²) < 4.78 is 15.1. The maximum atomic E-state index is 12.9. The van der Waals surface area contributed by atoms with Crippen LogP contribution in [0.25, 0.3) is 0 Å². The molecule has 0 saturated carbocycles. The van der Waals surface area contributed by atoms with Crippen LogP contribution in [0.2, 0.25) is 6.32 Å². The van der Waals surface area contributed by atoms with E-state index in [1.165, 1.54) is 63.0 Å². The molecule has 0 saturated heterocycles. The molecule has 31 heavy (non-hydrogen) atoms. The minimum Gasteiger partial charge on any atom is -0.337 e. The van der Waals surface area contributed by atoms with Crippen molar-refractivity contribution in [2.45, 2.75) is 77.6 Å². The normalized spacial score (nSPS) is 10.4. The number of rotatable bonds is 13. The lowest BCUT2D eigenvalue weighted by Crippen LogP contribution is -2.14. The second-order valence-corrected chi connectivity index (χ2v) is 8.24. The predicted octanol–water partition coefficient (Wildman–Crippen LogP) is 6.57. The summed E-state index contributed by atoms with van der Waals surface area (Å²) in [5.74, 6) is -0.141. The van der Waals surface area contributed by atoms with Crippen LogP contribution in [0.4, 0.5) is 4.39 Å². The summed E-state index contributed by atoms with van der Waals surface area (Å²) in [7, 11) is 0.937. The van der Waals surface area contributed by atoms with Gasteiger partial charge in [-0.15, -0.1) is 0 Å². The molecule has 4 heteroatoms. The second-order valence-electron chi connectivity index (χ2n) is 8.24. The van der Waals surface area contributed by atoms with Crippen molar-refractivity contribution in [2.75, 3.05) is 0 Å². The van der Waals surface area contributed by atoms with E-state index in [0.29, 0.717) is 0 Å². The zero-order valence-electron chi connectivity index (χ0n) is 19.2. The van der Waals surface area contributed by atoms with Crippen LogP contribution in [0, 0.1) is 5.82 Å². The number of aryl methyl sites for hydroxylation is 2. The third-order valence-corrected chi connectivity index (χ3v) is 5.49. The number of hydrogen-bond donors (Lipinski definition) is 0. The highest BCUT2D eigenvalue weighted by Gasteiger charge is 1.98. The van der Waals surface area contributed by atoms with Gasteiger partial charge in [-0.25, -0.2) is 9.37 Å². The smallest absolute Gasteiger partial charge is 0.158 e. The van der Waals surface area contributed by atoms with Gasteiger partial charge < -0.3 is 4.57 Å². The summed E-state index contributed by atoms with van der Waals surface area (Å²) in [4.78, 5) is 4.03. The summed E-state index contributed by atoms with van der Waals surface area (Å²) in [6.45, 7) is 3.40. The van der Waals surface area contributed by atoms with Crippen molar-refractivity contribution in [3.05, 3.63) is 84.7 Å². The molecule has 2 nitrogen and oxygen atoms in total. The molecule has 0 unspecified atom stereocenters. The lowest BCUT2D eigenvalue weighted by molar-refractivity contribution is 0.543. The Labute approximate surface area is 189 Å². The molecular weight excluding hydrogens is 382 g/mol. The van der Waals surface area contributed by atoms with Gasteiger partial charge in [-0.2, -0.15) is 0 Å². The summed E-state index contributed by atoms with van der Waals surface area (Å²) in [5.41, 5.74) is 2.43. The molecule has 0 radical (unpaired) electrons. The molecule has 0 amide bonds. The maximum Gasteiger partial charge on any atom is 0.158 e. The molecule has 0 aliphatic rings. The first kappa shape index (κ1) is 24.9. The number of nitrogens with zero attached hydrogens (tertiary/aromatic N) is 2. The van der Waals surface area contributed by atoms with Gasteiger partial charge in [0, 0.05) is 18.9 Å². The Morgan fingerprint density at radius 1 is 0.871 bits per heavy atom. The number of imidazole rings is 1. The van der Waals surface area contributed by atoms with Crippen molar-refractivity contribution in [1.82, 2.24) is 9.55 Å². The van der Waals surface area contributed by atoms with Gasteiger partial charge in [0.05, 0.1) is 6.33 Å². The molecule has 0 aliphatic heterocycles. The van der Waals surface area contributed by atoms with Crippen molar-refractivity contribution < 1.29 is 4.39 Å². The monoisotopic (exact) mass is 420 g/mol. The van der Waals surface area contributed by atoms with Crippen LogP contribution < -0.4 is 5.46 Å². The van der Waals surface area contributed by atoms with Gasteiger partial charge in [0.1, 0.15) is 5.82 Å². The minimum absolute atomic E-state index is 0.141. The Balaban J connectivity index is 0.000000221. The van der Waals surface area contributed by atoms with Crippen molar-refractivity contribution in [1.29, 1.82) is 0 Å². The number of hydrogen-bond acceptors (Lipinski definition) is 1. The van der Waals surface area contributed by atoms with Crippen LogP contribution in [0.15, 0.2) is 73.3 Å². The van der Waals surface area contributed by atoms with Gasteiger partial charge in [0.25, 0.3) is 0 Å². The first-order valence-corrected chi connectivity index (χ1v) is 12.0. The van der Waals surface area contributed by atoms with Crippen LogP contribution in [0.5, 0.6) is 0 Å². The molecular formula is C27H38BFN2. The van der Waals surface area contributed by atoms with Crippen LogP contribution in [-0.4, -0.2) is 16.8 Å². The molecule has 0 spiro atoms. The average molecular weight is 420 g/mol. The Hall–Kier alpha value is -2.36. The lowest BCUT2D eigenvalue weighted by atomic mass is 9.66. The number of benzene rings is 2. The maximum absolute atomic E-state index is 12.9. The fourth-order valence-electron chi connectivity index (χ4n) is 3.68. The Kier molecular flexibility index (Phi) is 13.1. The minimum atomic E-state index is -0.141.